The average Bonchev–Trinajstić information content (AvgIpc) is 2.01. The van der Waals surface area contributed by atoms with E-state index in [9.17, 15) is 10.2 Å². The zero-order chi connectivity index (χ0) is 11.9. The summed E-state index contributed by atoms with van der Waals surface area (Å²) in [6.45, 7) is 3.54. The molecule has 0 aromatic carbocycles. The van der Waals surface area contributed by atoms with Crippen molar-refractivity contribution >= 4 is 0 Å². The molecule has 0 aromatic rings. The second-order valence-corrected chi connectivity index (χ2v) is 4.47. The summed E-state index contributed by atoms with van der Waals surface area (Å²) < 4.78 is 4.79. The van der Waals surface area contributed by atoms with Gasteiger partial charge in [0.2, 0.25) is 0 Å². The largest absolute Gasteiger partial charge is 0.389 e. The predicted molar refractivity (Wildman–Crippen MR) is 59.9 cm³/mol. The van der Waals surface area contributed by atoms with Gasteiger partial charge in [0, 0.05) is 26.7 Å². The molecule has 0 radical (unpaired) electrons. The maximum atomic E-state index is 9.91. The molecule has 0 aromatic heterocycles. The van der Waals surface area contributed by atoms with Gasteiger partial charge in [-0.2, -0.15) is 0 Å². The monoisotopic (exact) mass is 220 g/mol. The van der Waals surface area contributed by atoms with E-state index in [4.69, 9.17) is 4.74 Å². The molecule has 0 bridgehead atoms. The number of likely N-dealkylation sites (N-methyl/N-ethyl adjacent to an activating group) is 1. The smallest absolute Gasteiger partial charge is 0.0897 e. The zero-order valence-corrected chi connectivity index (χ0v) is 10.2. The zero-order valence-electron chi connectivity index (χ0n) is 10.2. The van der Waals surface area contributed by atoms with Gasteiger partial charge in [-0.15, -0.1) is 0 Å². The molecule has 0 spiro atoms. The Hall–Kier alpha value is -0.200. The molecule has 0 aliphatic rings. The van der Waals surface area contributed by atoms with Crippen molar-refractivity contribution < 1.29 is 14.9 Å². The van der Waals surface area contributed by atoms with Gasteiger partial charge in [0.1, 0.15) is 0 Å². The Kier molecular flexibility index (Phi) is 7.04. The minimum absolute atomic E-state index is 0.308. The van der Waals surface area contributed by atoms with Crippen LogP contribution in [0.15, 0.2) is 0 Å². The van der Waals surface area contributed by atoms with E-state index < -0.39 is 11.7 Å². The first-order valence-electron chi connectivity index (χ1n) is 5.12. The molecule has 2 unspecified atom stereocenters. The first kappa shape index (κ1) is 14.8. The Bertz CT molecular complexity index is 163. The van der Waals surface area contributed by atoms with Gasteiger partial charge in [0.15, 0.2) is 0 Å². The molecule has 0 rings (SSSR count). The number of methoxy groups -OCH3 is 1. The lowest BCUT2D eigenvalue weighted by molar-refractivity contribution is 0.0247. The van der Waals surface area contributed by atoms with Crippen LogP contribution in [0.4, 0.5) is 0 Å². The molecule has 0 saturated heterocycles. The third-order valence-corrected chi connectivity index (χ3v) is 1.90. The highest BCUT2D eigenvalue weighted by Crippen LogP contribution is 2.02. The van der Waals surface area contributed by atoms with Crippen LogP contribution in [0.1, 0.15) is 6.92 Å². The van der Waals surface area contributed by atoms with Gasteiger partial charge < -0.3 is 25.2 Å². The number of ether oxygens (including phenoxy) is 1. The van der Waals surface area contributed by atoms with Gasteiger partial charge in [-0.3, -0.25) is 0 Å². The van der Waals surface area contributed by atoms with Crippen molar-refractivity contribution in [1.29, 1.82) is 0 Å². The SMILES string of the molecule is COCC(O)CNCC(C)(O)CN(C)C. The van der Waals surface area contributed by atoms with Gasteiger partial charge in [-0.25, -0.2) is 0 Å². The molecule has 0 aliphatic carbocycles. The van der Waals surface area contributed by atoms with Crippen LogP contribution < -0.4 is 5.32 Å². The Labute approximate surface area is 92.0 Å². The summed E-state index contributed by atoms with van der Waals surface area (Å²) in [6, 6.07) is 0. The van der Waals surface area contributed by atoms with E-state index in [-0.39, 0.29) is 0 Å². The van der Waals surface area contributed by atoms with E-state index >= 15 is 0 Å². The molecule has 0 heterocycles. The molecule has 5 heteroatoms. The van der Waals surface area contributed by atoms with Gasteiger partial charge in [-0.05, 0) is 21.0 Å². The van der Waals surface area contributed by atoms with Crippen molar-refractivity contribution in [1.82, 2.24) is 10.2 Å². The van der Waals surface area contributed by atoms with E-state index in [2.05, 4.69) is 5.32 Å². The van der Waals surface area contributed by atoms with E-state index in [0.29, 0.717) is 26.2 Å². The summed E-state index contributed by atoms with van der Waals surface area (Å²) >= 11 is 0. The maximum absolute atomic E-state index is 9.91. The lowest BCUT2D eigenvalue weighted by atomic mass is 10.1. The molecule has 15 heavy (non-hydrogen) atoms. The van der Waals surface area contributed by atoms with Gasteiger partial charge in [0.05, 0.1) is 18.3 Å². The first-order valence-corrected chi connectivity index (χ1v) is 5.12. The highest BCUT2D eigenvalue weighted by atomic mass is 16.5. The lowest BCUT2D eigenvalue weighted by Crippen LogP contribution is -2.47. The van der Waals surface area contributed by atoms with E-state index in [1.54, 1.807) is 14.0 Å². The van der Waals surface area contributed by atoms with Crippen LogP contribution in [0.5, 0.6) is 0 Å². The fraction of sp³-hybridized carbons (Fsp3) is 1.00. The molecule has 0 amide bonds. The topological polar surface area (TPSA) is 65.0 Å². The standard InChI is InChI=1S/C10H24N2O3/c1-10(14,8-12(2)3)7-11-5-9(13)6-15-4/h9,11,13-14H,5-8H2,1-4H3. The second-order valence-electron chi connectivity index (χ2n) is 4.47. The van der Waals surface area contributed by atoms with Crippen LogP contribution in [0.25, 0.3) is 0 Å². The summed E-state index contributed by atoms with van der Waals surface area (Å²) in [6.07, 6.45) is -0.523. The third-order valence-electron chi connectivity index (χ3n) is 1.90. The number of hydrogen-bond acceptors (Lipinski definition) is 5. The molecular weight excluding hydrogens is 196 g/mol. The lowest BCUT2D eigenvalue weighted by Gasteiger charge is -2.27. The molecule has 5 nitrogen and oxygen atoms in total. The molecule has 0 saturated carbocycles. The summed E-state index contributed by atoms with van der Waals surface area (Å²) in [5, 5.41) is 22.3. The fourth-order valence-corrected chi connectivity index (χ4v) is 1.50. The van der Waals surface area contributed by atoms with Gasteiger partial charge in [0.25, 0.3) is 0 Å². The molecule has 3 N–H and O–H groups in total. The van der Waals surface area contributed by atoms with Crippen molar-refractivity contribution in [2.45, 2.75) is 18.6 Å². The normalized spacial score (nSPS) is 17.8. The number of hydrogen-bond donors (Lipinski definition) is 3. The number of nitrogens with one attached hydrogen (secondary N) is 1. The fourth-order valence-electron chi connectivity index (χ4n) is 1.50. The van der Waals surface area contributed by atoms with Crippen LogP contribution >= 0.6 is 0 Å². The Morgan fingerprint density at radius 3 is 2.53 bits per heavy atom. The second kappa shape index (κ2) is 7.14. The van der Waals surface area contributed by atoms with Crippen LogP contribution in [0, 0.1) is 0 Å². The quantitative estimate of drug-likeness (QED) is 0.484. The Morgan fingerprint density at radius 1 is 1.47 bits per heavy atom. The van der Waals surface area contributed by atoms with Crippen molar-refractivity contribution in [2.24, 2.45) is 0 Å². The molecule has 0 aliphatic heterocycles. The highest BCUT2D eigenvalue weighted by molar-refractivity contribution is 4.78. The van der Waals surface area contributed by atoms with Crippen molar-refractivity contribution in [3.05, 3.63) is 0 Å². The molecular formula is C10H24N2O3. The molecule has 0 fully saturated rings. The minimum atomic E-state index is -0.781. The first-order chi connectivity index (χ1) is 6.87. The third kappa shape index (κ3) is 8.77. The summed E-state index contributed by atoms with van der Waals surface area (Å²) in [7, 11) is 5.37. The predicted octanol–water partition coefficient (Wildman–Crippen LogP) is -1.10. The van der Waals surface area contributed by atoms with Gasteiger partial charge >= 0.3 is 0 Å². The number of nitrogens with zero attached hydrogens (tertiary/aromatic N) is 1. The number of rotatable bonds is 8. The Morgan fingerprint density at radius 2 is 2.07 bits per heavy atom. The van der Waals surface area contributed by atoms with Crippen molar-refractivity contribution in [3.8, 4) is 0 Å². The van der Waals surface area contributed by atoms with Crippen molar-refractivity contribution in [2.75, 3.05) is 47.4 Å². The number of aliphatic hydroxyl groups excluding tert-OH is 1. The summed E-state index contributed by atoms with van der Waals surface area (Å²) in [5.41, 5.74) is -0.781. The van der Waals surface area contributed by atoms with Gasteiger partial charge in [-0.1, -0.05) is 0 Å². The minimum Gasteiger partial charge on any atom is -0.389 e. The van der Waals surface area contributed by atoms with Crippen LogP contribution in [0.2, 0.25) is 0 Å². The van der Waals surface area contributed by atoms with Crippen molar-refractivity contribution in [3.63, 3.8) is 0 Å². The average molecular weight is 220 g/mol. The Balaban J connectivity index is 3.65. The van der Waals surface area contributed by atoms with E-state index in [0.717, 1.165) is 0 Å². The van der Waals surface area contributed by atoms with Crippen LogP contribution in [-0.2, 0) is 4.74 Å². The number of aliphatic hydroxyl groups is 2. The maximum Gasteiger partial charge on any atom is 0.0897 e. The molecule has 2 atom stereocenters. The highest BCUT2D eigenvalue weighted by Gasteiger charge is 2.20. The van der Waals surface area contributed by atoms with E-state index in [1.165, 1.54) is 0 Å². The van der Waals surface area contributed by atoms with Crippen LogP contribution in [-0.4, -0.2) is 74.3 Å². The van der Waals surface area contributed by atoms with E-state index in [1.807, 2.05) is 19.0 Å². The van der Waals surface area contributed by atoms with Crippen LogP contribution in [0.3, 0.4) is 0 Å². The summed E-state index contributed by atoms with van der Waals surface area (Å²) in [5.74, 6) is 0. The molecule has 92 valence electrons. The summed E-state index contributed by atoms with van der Waals surface area (Å²) in [4.78, 5) is 1.92.